The molecule has 1 unspecified atom stereocenters. The van der Waals surface area contributed by atoms with Crippen LogP contribution in [-0.4, -0.2) is 19.2 Å². The minimum atomic E-state index is -3.02. The van der Waals surface area contributed by atoms with Gasteiger partial charge in [0.1, 0.15) is 0 Å². The Kier molecular flexibility index (Phi) is 6.99. The third-order valence-electron chi connectivity index (χ3n) is 1.54. The predicted octanol–water partition coefficient (Wildman–Crippen LogP) is 2.65. The zero-order chi connectivity index (χ0) is 10.3. The van der Waals surface area contributed by atoms with E-state index < -0.39 is 15.6 Å². The van der Waals surface area contributed by atoms with Crippen LogP contribution in [0.15, 0.2) is 0 Å². The van der Waals surface area contributed by atoms with Crippen molar-refractivity contribution < 1.29 is 12.6 Å². The molecule has 13 heavy (non-hydrogen) atoms. The Labute approximate surface area is 89.1 Å². The Morgan fingerprint density at radius 2 is 1.85 bits per heavy atom. The molecule has 0 spiro atoms. The third kappa shape index (κ3) is 6.46. The van der Waals surface area contributed by atoms with Crippen molar-refractivity contribution in [3.63, 3.8) is 0 Å². The van der Waals surface area contributed by atoms with Crippen LogP contribution in [0.1, 0.15) is 39.5 Å². The predicted molar refractivity (Wildman–Crippen MR) is 57.4 cm³/mol. The van der Waals surface area contributed by atoms with Gasteiger partial charge in [-0.05, 0) is 12.8 Å². The molecule has 0 radical (unpaired) electrons. The van der Waals surface area contributed by atoms with Crippen LogP contribution in [0.25, 0.3) is 0 Å². The fourth-order valence-corrected chi connectivity index (χ4v) is 2.32. The van der Waals surface area contributed by atoms with Crippen molar-refractivity contribution >= 4 is 26.0 Å². The summed E-state index contributed by atoms with van der Waals surface area (Å²) in [4.78, 5) is 0. The van der Waals surface area contributed by atoms with Gasteiger partial charge in [-0.1, -0.05) is 42.6 Å². The molecule has 1 rings (SSSR count). The van der Waals surface area contributed by atoms with E-state index in [9.17, 15) is 8.42 Å². The minimum absolute atomic E-state index is 0.465. The second-order valence-corrected chi connectivity index (χ2v) is 5.35. The average molecular weight is 273 g/mol. The van der Waals surface area contributed by atoms with Crippen LogP contribution in [0.4, 0.5) is 0 Å². The molecule has 1 fully saturated rings. The summed E-state index contributed by atoms with van der Waals surface area (Å²) >= 11 is 3.31. The summed E-state index contributed by atoms with van der Waals surface area (Å²) in [7, 11) is -3.02. The highest BCUT2D eigenvalue weighted by molar-refractivity contribution is 9.09. The highest BCUT2D eigenvalue weighted by Gasteiger charge is 2.44. The van der Waals surface area contributed by atoms with Gasteiger partial charge in [0.05, 0.1) is 0 Å². The molecule has 0 saturated carbocycles. The van der Waals surface area contributed by atoms with Crippen LogP contribution in [-0.2, 0) is 14.3 Å². The van der Waals surface area contributed by atoms with Gasteiger partial charge in [0, 0.05) is 5.33 Å². The summed E-state index contributed by atoms with van der Waals surface area (Å²) < 4.78 is 24.8. The van der Waals surface area contributed by atoms with Crippen LogP contribution in [0.5, 0.6) is 0 Å². The van der Waals surface area contributed by atoms with E-state index in [1.807, 2.05) is 6.92 Å². The lowest BCUT2D eigenvalue weighted by atomic mass is 10.4. The van der Waals surface area contributed by atoms with E-state index in [4.69, 9.17) is 0 Å². The summed E-state index contributed by atoms with van der Waals surface area (Å²) in [5, 5.41) is 1.16. The first-order chi connectivity index (χ1) is 6.08. The zero-order valence-electron chi connectivity index (χ0n) is 8.12. The van der Waals surface area contributed by atoms with Gasteiger partial charge < -0.3 is 0 Å². The van der Waals surface area contributed by atoms with E-state index in [0.717, 1.165) is 11.8 Å². The molecule has 1 atom stereocenters. The maximum absolute atomic E-state index is 10.2. The van der Waals surface area contributed by atoms with Crippen molar-refractivity contribution in [2.24, 2.45) is 0 Å². The number of hydrogen-bond acceptors (Lipinski definition) is 3. The molecule has 80 valence electrons. The van der Waals surface area contributed by atoms with E-state index in [0.29, 0.717) is 6.42 Å². The zero-order valence-corrected chi connectivity index (χ0v) is 10.5. The number of hydrogen-bond donors (Lipinski definition) is 0. The highest BCUT2D eigenvalue weighted by atomic mass is 79.9. The van der Waals surface area contributed by atoms with Crippen molar-refractivity contribution in [2.75, 3.05) is 5.33 Å². The summed E-state index contributed by atoms with van der Waals surface area (Å²) in [5.74, 6) is 0. The van der Waals surface area contributed by atoms with Crippen LogP contribution >= 0.6 is 15.9 Å². The van der Waals surface area contributed by atoms with E-state index in [-0.39, 0.29) is 0 Å². The first-order valence-corrected chi connectivity index (χ1v) is 7.15. The molecular formula is C8H17BrO3S. The normalized spacial score (nSPS) is 23.2. The monoisotopic (exact) mass is 272 g/mol. The Hall–Kier alpha value is 0.390. The molecule has 1 aliphatic heterocycles. The molecule has 0 aromatic heterocycles. The Balaban J connectivity index is 0.000000252. The molecule has 0 N–H and O–H groups in total. The van der Waals surface area contributed by atoms with Crippen LogP contribution in [0.2, 0.25) is 0 Å². The molecule has 0 bridgehead atoms. The molecule has 1 heterocycles. The molecule has 1 saturated heterocycles. The summed E-state index contributed by atoms with van der Waals surface area (Å²) in [5.41, 5.74) is -0.465. The number of alkyl halides is 1. The van der Waals surface area contributed by atoms with Crippen molar-refractivity contribution in [3.05, 3.63) is 0 Å². The standard InChI is InChI=1S/C4H9Br.C4H8O3S/c1-2-3-4-5;1-2-3-4-7-8(4,5)6/h2-4H2,1H3;4H,2-3H2,1H3. The number of rotatable bonds is 4. The second-order valence-electron chi connectivity index (χ2n) is 2.85. The van der Waals surface area contributed by atoms with E-state index in [1.54, 1.807) is 0 Å². The number of halogens is 1. The van der Waals surface area contributed by atoms with Crippen molar-refractivity contribution in [2.45, 2.75) is 45.0 Å². The van der Waals surface area contributed by atoms with Gasteiger partial charge in [0.2, 0.25) is 5.44 Å². The highest BCUT2D eigenvalue weighted by Crippen LogP contribution is 2.27. The maximum atomic E-state index is 10.2. The molecule has 0 aromatic carbocycles. The van der Waals surface area contributed by atoms with Gasteiger partial charge >= 0.3 is 0 Å². The molecule has 0 aliphatic carbocycles. The van der Waals surface area contributed by atoms with E-state index in [1.165, 1.54) is 12.8 Å². The largest absolute Gasteiger partial charge is 0.297 e. The quantitative estimate of drug-likeness (QED) is 0.584. The molecule has 0 amide bonds. The van der Waals surface area contributed by atoms with Crippen LogP contribution in [0, 0.1) is 0 Å². The van der Waals surface area contributed by atoms with Gasteiger partial charge in [-0.3, -0.25) is 0 Å². The first kappa shape index (κ1) is 13.4. The maximum Gasteiger partial charge on any atom is 0.297 e. The lowest BCUT2D eigenvalue weighted by Gasteiger charge is -1.77. The first-order valence-electron chi connectivity index (χ1n) is 4.56. The second kappa shape index (κ2) is 6.79. The molecule has 0 aromatic rings. The molecule has 5 heteroatoms. The van der Waals surface area contributed by atoms with Gasteiger partial charge in [-0.2, -0.15) is 8.42 Å². The smallest absolute Gasteiger partial charge is 0.246 e. The lowest BCUT2D eigenvalue weighted by Crippen LogP contribution is -1.84. The molecule has 3 nitrogen and oxygen atoms in total. The SMILES string of the molecule is CCCC1OS1(=O)=O.CCCCBr. The fraction of sp³-hybridized carbons (Fsp3) is 1.00. The van der Waals surface area contributed by atoms with Gasteiger partial charge in [0.25, 0.3) is 10.1 Å². The van der Waals surface area contributed by atoms with Crippen LogP contribution in [0.3, 0.4) is 0 Å². The summed E-state index contributed by atoms with van der Waals surface area (Å²) in [6.07, 6.45) is 4.11. The van der Waals surface area contributed by atoms with Crippen molar-refractivity contribution in [1.29, 1.82) is 0 Å². The van der Waals surface area contributed by atoms with Gasteiger partial charge in [0.15, 0.2) is 0 Å². The molecule has 1 aliphatic rings. The minimum Gasteiger partial charge on any atom is -0.246 e. The lowest BCUT2D eigenvalue weighted by molar-refractivity contribution is 0.426. The molecular weight excluding hydrogens is 256 g/mol. The third-order valence-corrected chi connectivity index (χ3v) is 3.38. The topological polar surface area (TPSA) is 46.7 Å². The van der Waals surface area contributed by atoms with E-state index >= 15 is 0 Å². The van der Waals surface area contributed by atoms with Gasteiger partial charge in [-0.25, -0.2) is 4.18 Å². The Bertz CT molecular complexity index is 211. The van der Waals surface area contributed by atoms with Gasteiger partial charge in [-0.15, -0.1) is 0 Å². The summed E-state index contributed by atoms with van der Waals surface area (Å²) in [6, 6.07) is 0. The average Bonchev–Trinajstić information content (AvgIpc) is 2.62. The van der Waals surface area contributed by atoms with Crippen molar-refractivity contribution in [1.82, 2.24) is 0 Å². The fourth-order valence-electron chi connectivity index (χ4n) is 0.689. The van der Waals surface area contributed by atoms with Crippen molar-refractivity contribution in [3.8, 4) is 0 Å². The Morgan fingerprint density at radius 1 is 1.31 bits per heavy atom. The van der Waals surface area contributed by atoms with Crippen LogP contribution < -0.4 is 0 Å². The number of unbranched alkanes of at least 4 members (excludes halogenated alkanes) is 1. The van der Waals surface area contributed by atoms with E-state index in [2.05, 4.69) is 27.0 Å². The summed E-state index contributed by atoms with van der Waals surface area (Å²) in [6.45, 7) is 4.11. The Morgan fingerprint density at radius 3 is 1.92 bits per heavy atom.